The summed E-state index contributed by atoms with van der Waals surface area (Å²) in [5.41, 5.74) is 4.94. The maximum absolute atomic E-state index is 11.8. The first-order valence-corrected chi connectivity index (χ1v) is 6.49. The van der Waals surface area contributed by atoms with Crippen molar-refractivity contribution in [2.45, 2.75) is 31.7 Å². The minimum absolute atomic E-state index is 0.0204. The molecule has 0 unspecified atom stereocenters. The maximum Gasteiger partial charge on any atom is 0.251 e. The van der Waals surface area contributed by atoms with Gasteiger partial charge in [-0.2, -0.15) is 5.10 Å². The predicted octanol–water partition coefficient (Wildman–Crippen LogP) is 1.19. The van der Waals surface area contributed by atoms with Gasteiger partial charge in [0.2, 0.25) is 5.91 Å². The van der Waals surface area contributed by atoms with Gasteiger partial charge < -0.3 is 5.32 Å². The van der Waals surface area contributed by atoms with E-state index in [9.17, 15) is 9.59 Å². The molecule has 1 fully saturated rings. The number of hydrogen-bond donors (Lipinski definition) is 2. The van der Waals surface area contributed by atoms with Gasteiger partial charge in [-0.05, 0) is 30.5 Å². The summed E-state index contributed by atoms with van der Waals surface area (Å²) in [6, 6.07) is 7.71. The number of amides is 2. The van der Waals surface area contributed by atoms with Gasteiger partial charge in [-0.15, -0.1) is 0 Å². The Hall–Kier alpha value is -2.17. The molecule has 2 aliphatic rings. The summed E-state index contributed by atoms with van der Waals surface area (Å²) in [5, 5.41) is 6.98. The van der Waals surface area contributed by atoms with Crippen LogP contribution in [0.25, 0.3) is 0 Å². The molecule has 0 saturated heterocycles. The zero-order valence-corrected chi connectivity index (χ0v) is 10.5. The number of nitrogens with one attached hydrogen (secondary N) is 2. The van der Waals surface area contributed by atoms with Crippen LogP contribution in [-0.2, 0) is 4.79 Å². The van der Waals surface area contributed by atoms with Crippen molar-refractivity contribution in [3.05, 3.63) is 35.4 Å². The highest BCUT2D eigenvalue weighted by atomic mass is 16.2. The van der Waals surface area contributed by atoms with Crippen molar-refractivity contribution in [2.24, 2.45) is 5.10 Å². The van der Waals surface area contributed by atoms with Crippen LogP contribution in [0, 0.1) is 0 Å². The molecule has 3 rings (SSSR count). The van der Waals surface area contributed by atoms with Crippen LogP contribution >= 0.6 is 0 Å². The van der Waals surface area contributed by atoms with E-state index < -0.39 is 0 Å². The molecule has 0 bridgehead atoms. The predicted molar refractivity (Wildman–Crippen MR) is 70.8 cm³/mol. The average Bonchev–Trinajstić information content (AvgIpc) is 3.24. The minimum atomic E-state index is -0.0517. The fourth-order valence-electron chi connectivity index (χ4n) is 1.99. The van der Waals surface area contributed by atoms with E-state index in [1.165, 1.54) is 0 Å². The van der Waals surface area contributed by atoms with Gasteiger partial charge in [-0.1, -0.05) is 12.1 Å². The number of hydrazone groups is 1. The first-order valence-electron chi connectivity index (χ1n) is 6.49. The summed E-state index contributed by atoms with van der Waals surface area (Å²) < 4.78 is 0. The normalized spacial score (nSPS) is 18.5. The van der Waals surface area contributed by atoms with Crippen LogP contribution in [-0.4, -0.2) is 23.6 Å². The van der Waals surface area contributed by atoms with Gasteiger partial charge in [0.1, 0.15) is 0 Å². The molecule has 1 aliphatic heterocycles. The van der Waals surface area contributed by atoms with Crippen molar-refractivity contribution >= 4 is 17.5 Å². The first-order chi connectivity index (χ1) is 9.22. The lowest BCUT2D eigenvalue weighted by Gasteiger charge is -2.12. The molecule has 0 atom stereocenters. The number of carbonyl (C=O) groups is 2. The number of carbonyl (C=O) groups excluding carboxylic acids is 2. The molecule has 5 nitrogen and oxygen atoms in total. The number of rotatable bonds is 3. The molecule has 0 radical (unpaired) electrons. The van der Waals surface area contributed by atoms with E-state index >= 15 is 0 Å². The molecule has 1 aromatic rings. The van der Waals surface area contributed by atoms with Crippen molar-refractivity contribution in [2.75, 3.05) is 0 Å². The van der Waals surface area contributed by atoms with Crippen molar-refractivity contribution in [1.29, 1.82) is 0 Å². The van der Waals surface area contributed by atoms with E-state index in [0.29, 0.717) is 24.4 Å². The third-order valence-corrected chi connectivity index (χ3v) is 3.30. The van der Waals surface area contributed by atoms with Crippen LogP contribution in [0.3, 0.4) is 0 Å². The van der Waals surface area contributed by atoms with E-state index in [2.05, 4.69) is 15.8 Å². The summed E-state index contributed by atoms with van der Waals surface area (Å²) >= 11 is 0. The quantitative estimate of drug-likeness (QED) is 0.854. The Balaban J connectivity index is 1.71. The zero-order valence-electron chi connectivity index (χ0n) is 10.5. The van der Waals surface area contributed by atoms with Crippen LogP contribution in [0.15, 0.2) is 29.4 Å². The smallest absolute Gasteiger partial charge is 0.251 e. The Labute approximate surface area is 111 Å². The molecule has 2 N–H and O–H groups in total. The highest BCUT2D eigenvalue weighted by Crippen LogP contribution is 2.19. The van der Waals surface area contributed by atoms with E-state index in [4.69, 9.17) is 0 Å². The number of hydrogen-bond acceptors (Lipinski definition) is 3. The lowest BCUT2D eigenvalue weighted by Crippen LogP contribution is -2.26. The van der Waals surface area contributed by atoms with Crippen molar-refractivity contribution in [3.8, 4) is 0 Å². The van der Waals surface area contributed by atoms with Crippen molar-refractivity contribution in [3.63, 3.8) is 0 Å². The third-order valence-electron chi connectivity index (χ3n) is 3.30. The molecule has 5 heteroatoms. The van der Waals surface area contributed by atoms with E-state index in [0.717, 1.165) is 24.1 Å². The fraction of sp³-hybridized carbons (Fsp3) is 0.357. The van der Waals surface area contributed by atoms with Gasteiger partial charge in [0.25, 0.3) is 5.91 Å². The number of nitrogens with zero attached hydrogens (tertiary/aromatic N) is 1. The van der Waals surface area contributed by atoms with Crippen LogP contribution < -0.4 is 10.7 Å². The Bertz CT molecular complexity index is 544. The Kier molecular flexibility index (Phi) is 3.03. The first kappa shape index (κ1) is 11.9. The summed E-state index contributed by atoms with van der Waals surface area (Å²) in [7, 11) is 0. The molecule has 1 heterocycles. The van der Waals surface area contributed by atoms with Gasteiger partial charge in [0, 0.05) is 24.4 Å². The van der Waals surface area contributed by atoms with Gasteiger partial charge >= 0.3 is 0 Å². The zero-order chi connectivity index (χ0) is 13.2. The highest BCUT2D eigenvalue weighted by Gasteiger charge is 2.23. The summed E-state index contributed by atoms with van der Waals surface area (Å²) in [4.78, 5) is 22.8. The van der Waals surface area contributed by atoms with Gasteiger partial charge in [-0.25, -0.2) is 5.43 Å². The van der Waals surface area contributed by atoms with Crippen LogP contribution in [0.1, 0.15) is 41.6 Å². The topological polar surface area (TPSA) is 70.6 Å². The van der Waals surface area contributed by atoms with Gasteiger partial charge in [0.15, 0.2) is 0 Å². The van der Waals surface area contributed by atoms with Crippen LogP contribution in [0.2, 0.25) is 0 Å². The van der Waals surface area contributed by atoms with Crippen molar-refractivity contribution < 1.29 is 9.59 Å². The molecule has 98 valence electrons. The Morgan fingerprint density at radius 2 is 1.95 bits per heavy atom. The minimum Gasteiger partial charge on any atom is -0.349 e. The van der Waals surface area contributed by atoms with Gasteiger partial charge in [-0.3, -0.25) is 9.59 Å². The lowest BCUT2D eigenvalue weighted by atomic mass is 10.0. The molecule has 19 heavy (non-hydrogen) atoms. The third kappa shape index (κ3) is 2.81. The molecule has 1 saturated carbocycles. The summed E-state index contributed by atoms with van der Waals surface area (Å²) in [6.07, 6.45) is 3.27. The SMILES string of the molecule is O=C1CCC(c2ccc(C(=O)NC3CC3)cc2)=NN1. The molecular weight excluding hydrogens is 242 g/mol. The van der Waals surface area contributed by atoms with Crippen LogP contribution in [0.5, 0.6) is 0 Å². The second-order valence-electron chi connectivity index (χ2n) is 4.92. The molecule has 1 aliphatic carbocycles. The van der Waals surface area contributed by atoms with Gasteiger partial charge in [0.05, 0.1) is 5.71 Å². The molecule has 2 amide bonds. The molecule has 1 aromatic carbocycles. The average molecular weight is 257 g/mol. The number of benzene rings is 1. The fourth-order valence-corrected chi connectivity index (χ4v) is 1.99. The van der Waals surface area contributed by atoms with E-state index in [-0.39, 0.29) is 11.8 Å². The lowest BCUT2D eigenvalue weighted by molar-refractivity contribution is -0.121. The maximum atomic E-state index is 11.8. The Morgan fingerprint density at radius 3 is 2.53 bits per heavy atom. The van der Waals surface area contributed by atoms with Crippen LogP contribution in [0.4, 0.5) is 0 Å². The Morgan fingerprint density at radius 1 is 1.21 bits per heavy atom. The second kappa shape index (κ2) is 4.84. The standard InChI is InChI=1S/C14H15N3O2/c18-13-8-7-12(16-17-13)9-1-3-10(4-2-9)14(19)15-11-5-6-11/h1-4,11H,5-8H2,(H,15,19)(H,17,18). The molecular formula is C14H15N3O2. The monoisotopic (exact) mass is 257 g/mol. The highest BCUT2D eigenvalue weighted by molar-refractivity contribution is 6.05. The van der Waals surface area contributed by atoms with E-state index in [1.54, 1.807) is 12.1 Å². The second-order valence-corrected chi connectivity index (χ2v) is 4.92. The van der Waals surface area contributed by atoms with Crippen molar-refractivity contribution in [1.82, 2.24) is 10.7 Å². The molecule has 0 spiro atoms. The van der Waals surface area contributed by atoms with E-state index in [1.807, 2.05) is 12.1 Å². The molecule has 0 aromatic heterocycles. The summed E-state index contributed by atoms with van der Waals surface area (Å²) in [5.74, 6) is -0.0721. The summed E-state index contributed by atoms with van der Waals surface area (Å²) in [6.45, 7) is 0. The largest absolute Gasteiger partial charge is 0.349 e.